The molecule has 0 amide bonds. The number of benzene rings is 1. The van der Waals surface area contributed by atoms with Gasteiger partial charge < -0.3 is 9.47 Å². The molecule has 1 unspecified atom stereocenters. The molecular weight excluding hydrogens is 323 g/mol. The van der Waals surface area contributed by atoms with Crippen molar-refractivity contribution in [1.82, 2.24) is 9.47 Å². The Hall–Kier alpha value is -1.46. The van der Waals surface area contributed by atoms with Gasteiger partial charge in [-0.25, -0.2) is 4.39 Å². The average molecular weight is 339 g/mol. The first-order valence-electron chi connectivity index (χ1n) is 6.25. The molecule has 0 bridgehead atoms. The second kappa shape index (κ2) is 6.33. The van der Waals surface area contributed by atoms with E-state index in [1.54, 1.807) is 16.8 Å². The Morgan fingerprint density at radius 3 is 2.65 bits per heavy atom. The minimum Gasteiger partial charge on any atom is -0.307 e. The molecule has 2 rings (SSSR count). The molecule has 1 aromatic heterocycles. The van der Waals surface area contributed by atoms with E-state index in [0.717, 1.165) is 10.0 Å². The Balaban J connectivity index is 2.50. The molecule has 1 heterocycles. The summed E-state index contributed by atoms with van der Waals surface area (Å²) >= 11 is 3.28. The van der Waals surface area contributed by atoms with Crippen LogP contribution in [0.25, 0.3) is 0 Å². The Labute approximate surface area is 125 Å². The molecule has 5 heteroatoms. The van der Waals surface area contributed by atoms with E-state index in [9.17, 15) is 9.18 Å². The fourth-order valence-corrected chi connectivity index (χ4v) is 2.45. The summed E-state index contributed by atoms with van der Waals surface area (Å²) in [5.41, 5.74) is 0.665. The van der Waals surface area contributed by atoms with Gasteiger partial charge >= 0.3 is 0 Å². The zero-order chi connectivity index (χ0) is 14.7. The minimum absolute atomic E-state index is 0.115. The maximum Gasteiger partial charge on any atom is 0.252 e. The van der Waals surface area contributed by atoms with Crippen LogP contribution in [-0.4, -0.2) is 30.1 Å². The molecule has 0 aliphatic carbocycles. The van der Waals surface area contributed by atoms with Crippen molar-refractivity contribution in [2.24, 2.45) is 0 Å². The van der Waals surface area contributed by atoms with Gasteiger partial charge in [-0.2, -0.15) is 0 Å². The second-order valence-electron chi connectivity index (χ2n) is 4.92. The SMILES string of the molecule is CN(C)CC(c1cccc(F)c1)n1ccc(Br)cc1=O. The van der Waals surface area contributed by atoms with Gasteiger partial charge in [-0.3, -0.25) is 4.79 Å². The molecule has 2 aromatic rings. The normalized spacial score (nSPS) is 12.7. The van der Waals surface area contributed by atoms with Crippen molar-refractivity contribution in [2.45, 2.75) is 6.04 Å². The van der Waals surface area contributed by atoms with Crippen LogP contribution in [0.1, 0.15) is 11.6 Å². The van der Waals surface area contributed by atoms with Gasteiger partial charge in [0.2, 0.25) is 0 Å². The van der Waals surface area contributed by atoms with Crippen molar-refractivity contribution in [3.8, 4) is 0 Å². The highest BCUT2D eigenvalue weighted by molar-refractivity contribution is 9.10. The molecule has 106 valence electrons. The van der Waals surface area contributed by atoms with Gasteiger partial charge in [-0.05, 0) is 37.9 Å². The van der Waals surface area contributed by atoms with Crippen molar-refractivity contribution in [3.05, 3.63) is 68.8 Å². The Morgan fingerprint density at radius 2 is 2.05 bits per heavy atom. The van der Waals surface area contributed by atoms with Crippen LogP contribution in [0.2, 0.25) is 0 Å². The van der Waals surface area contributed by atoms with Crippen LogP contribution in [0.5, 0.6) is 0 Å². The van der Waals surface area contributed by atoms with E-state index in [1.807, 2.05) is 31.1 Å². The lowest BCUT2D eigenvalue weighted by Gasteiger charge is -2.24. The van der Waals surface area contributed by atoms with E-state index < -0.39 is 0 Å². The van der Waals surface area contributed by atoms with Gasteiger partial charge in [-0.15, -0.1) is 0 Å². The molecule has 0 fully saturated rings. The number of nitrogens with zero attached hydrogens (tertiary/aromatic N) is 2. The number of hydrogen-bond acceptors (Lipinski definition) is 2. The van der Waals surface area contributed by atoms with Crippen LogP contribution in [0.4, 0.5) is 4.39 Å². The van der Waals surface area contributed by atoms with Crippen LogP contribution in [0.15, 0.2) is 51.9 Å². The predicted octanol–water partition coefficient (Wildman–Crippen LogP) is 2.90. The fourth-order valence-electron chi connectivity index (χ4n) is 2.14. The summed E-state index contributed by atoms with van der Waals surface area (Å²) in [5.74, 6) is -0.295. The number of aromatic nitrogens is 1. The summed E-state index contributed by atoms with van der Waals surface area (Å²) in [7, 11) is 3.85. The van der Waals surface area contributed by atoms with Gasteiger partial charge in [0.25, 0.3) is 5.56 Å². The summed E-state index contributed by atoms with van der Waals surface area (Å²) in [6.07, 6.45) is 1.73. The van der Waals surface area contributed by atoms with Gasteiger partial charge in [0.1, 0.15) is 5.82 Å². The first-order chi connectivity index (χ1) is 9.47. The van der Waals surface area contributed by atoms with Crippen molar-refractivity contribution >= 4 is 15.9 Å². The van der Waals surface area contributed by atoms with Gasteiger partial charge in [0.15, 0.2) is 0 Å². The van der Waals surface area contributed by atoms with E-state index in [4.69, 9.17) is 0 Å². The third kappa shape index (κ3) is 3.55. The molecule has 20 heavy (non-hydrogen) atoms. The van der Waals surface area contributed by atoms with Crippen molar-refractivity contribution < 1.29 is 4.39 Å². The van der Waals surface area contributed by atoms with E-state index in [0.29, 0.717) is 6.54 Å². The molecule has 0 saturated carbocycles. The summed E-state index contributed by atoms with van der Waals surface area (Å²) in [5, 5.41) is 0. The molecule has 0 aliphatic heterocycles. The van der Waals surface area contributed by atoms with Gasteiger partial charge in [0.05, 0.1) is 6.04 Å². The monoisotopic (exact) mass is 338 g/mol. The van der Waals surface area contributed by atoms with Crippen molar-refractivity contribution in [1.29, 1.82) is 0 Å². The van der Waals surface area contributed by atoms with E-state index >= 15 is 0 Å². The van der Waals surface area contributed by atoms with E-state index in [1.165, 1.54) is 18.2 Å². The summed E-state index contributed by atoms with van der Waals surface area (Å²) in [4.78, 5) is 14.1. The number of pyridine rings is 1. The molecule has 0 spiro atoms. The summed E-state index contributed by atoms with van der Waals surface area (Å²) < 4.78 is 15.8. The Kier molecular flexibility index (Phi) is 4.73. The number of likely N-dealkylation sites (N-methyl/N-ethyl adjacent to an activating group) is 1. The molecule has 0 saturated heterocycles. The topological polar surface area (TPSA) is 25.2 Å². The predicted molar refractivity (Wildman–Crippen MR) is 81.5 cm³/mol. The van der Waals surface area contributed by atoms with Crippen molar-refractivity contribution in [2.75, 3.05) is 20.6 Å². The third-order valence-corrected chi connectivity index (χ3v) is 3.51. The maximum atomic E-state index is 13.4. The lowest BCUT2D eigenvalue weighted by Crippen LogP contribution is -2.32. The molecule has 1 aromatic carbocycles. The quantitative estimate of drug-likeness (QED) is 0.856. The van der Waals surface area contributed by atoms with E-state index in [-0.39, 0.29) is 17.4 Å². The summed E-state index contributed by atoms with van der Waals surface area (Å²) in [6.45, 7) is 0.616. The van der Waals surface area contributed by atoms with Gasteiger partial charge in [0, 0.05) is 23.3 Å². The highest BCUT2D eigenvalue weighted by Gasteiger charge is 2.16. The van der Waals surface area contributed by atoms with E-state index in [2.05, 4.69) is 15.9 Å². The lowest BCUT2D eigenvalue weighted by molar-refractivity contribution is 0.346. The smallest absolute Gasteiger partial charge is 0.252 e. The minimum atomic E-state index is -0.295. The second-order valence-corrected chi connectivity index (χ2v) is 5.84. The lowest BCUT2D eigenvalue weighted by atomic mass is 10.1. The molecular formula is C15H16BrFN2O. The zero-order valence-corrected chi connectivity index (χ0v) is 13.0. The van der Waals surface area contributed by atoms with Crippen LogP contribution in [-0.2, 0) is 0 Å². The van der Waals surface area contributed by atoms with Crippen LogP contribution in [0, 0.1) is 5.82 Å². The Morgan fingerprint density at radius 1 is 1.30 bits per heavy atom. The molecule has 0 N–H and O–H groups in total. The highest BCUT2D eigenvalue weighted by atomic mass is 79.9. The highest BCUT2D eigenvalue weighted by Crippen LogP contribution is 2.19. The fraction of sp³-hybridized carbons (Fsp3) is 0.267. The van der Waals surface area contributed by atoms with Crippen LogP contribution in [0.3, 0.4) is 0 Å². The number of hydrogen-bond donors (Lipinski definition) is 0. The molecule has 3 nitrogen and oxygen atoms in total. The van der Waals surface area contributed by atoms with Gasteiger partial charge in [-0.1, -0.05) is 28.1 Å². The number of halogens is 2. The molecule has 0 radical (unpaired) electrons. The first kappa shape index (κ1) is 14.9. The third-order valence-electron chi connectivity index (χ3n) is 3.02. The number of rotatable bonds is 4. The molecule has 1 atom stereocenters. The average Bonchev–Trinajstić information content (AvgIpc) is 2.36. The largest absolute Gasteiger partial charge is 0.307 e. The standard InChI is InChI=1S/C15H16BrFN2O/c1-18(2)10-14(11-4-3-5-13(17)8-11)19-7-6-12(16)9-15(19)20/h3-9,14H,10H2,1-2H3. The van der Waals surface area contributed by atoms with Crippen LogP contribution >= 0.6 is 15.9 Å². The zero-order valence-electron chi connectivity index (χ0n) is 11.4. The summed E-state index contributed by atoms with van der Waals surface area (Å²) in [6, 6.07) is 9.48. The maximum absolute atomic E-state index is 13.4. The first-order valence-corrected chi connectivity index (χ1v) is 7.04. The van der Waals surface area contributed by atoms with Crippen LogP contribution < -0.4 is 5.56 Å². The Bertz CT molecular complexity index is 654. The van der Waals surface area contributed by atoms with Crippen molar-refractivity contribution in [3.63, 3.8) is 0 Å². The molecule has 0 aliphatic rings.